The molecule has 0 atom stereocenters. The van der Waals surface area contributed by atoms with Gasteiger partial charge in [-0.15, -0.1) is 0 Å². The van der Waals surface area contributed by atoms with E-state index in [0.717, 1.165) is 0 Å². The van der Waals surface area contributed by atoms with Crippen LogP contribution < -0.4 is 4.74 Å². The molecule has 0 spiro atoms. The van der Waals surface area contributed by atoms with Gasteiger partial charge in [-0.05, 0) is 24.5 Å². The summed E-state index contributed by atoms with van der Waals surface area (Å²) in [6.07, 6.45) is 6.89. The molecule has 0 unspecified atom stereocenters. The highest BCUT2D eigenvalue weighted by Gasteiger charge is 2.01. The largest absolute Gasteiger partial charge is 0.425 e. The Morgan fingerprint density at radius 3 is 2.75 bits per heavy atom. The van der Waals surface area contributed by atoms with Gasteiger partial charge in [0.05, 0.1) is 5.56 Å². The maximum absolute atomic E-state index is 10.6. The Bertz CT molecular complexity index is 334. The quantitative estimate of drug-likeness (QED) is 0.353. The molecule has 12 heavy (non-hydrogen) atoms. The van der Waals surface area contributed by atoms with Crippen LogP contribution in [0.2, 0.25) is 0 Å². The molecule has 0 amide bonds. The summed E-state index contributed by atoms with van der Waals surface area (Å²) in [7, 11) is 0. The van der Waals surface area contributed by atoms with Crippen molar-refractivity contribution in [2.75, 3.05) is 0 Å². The Balaban J connectivity index is 2.99. The molecule has 59 valence electrons. The molecule has 0 N–H and O–H groups in total. The van der Waals surface area contributed by atoms with Crippen LogP contribution in [0, 0.1) is 12.3 Å². The van der Waals surface area contributed by atoms with Gasteiger partial charge in [-0.2, -0.15) is 0 Å². The Morgan fingerprint density at radius 2 is 2.17 bits per heavy atom. The highest BCUT2D eigenvalue weighted by atomic mass is 16.5. The van der Waals surface area contributed by atoms with E-state index in [2.05, 4.69) is 5.92 Å². The molecule has 0 fully saturated rings. The molecule has 1 aromatic carbocycles. The lowest BCUT2D eigenvalue weighted by atomic mass is 10.2. The predicted molar refractivity (Wildman–Crippen MR) is 44.0 cm³/mol. The molecule has 0 saturated heterocycles. The molecule has 0 aliphatic rings. The average Bonchev–Trinajstić information content (AvgIpc) is 2.04. The maximum Gasteiger partial charge on any atom is 0.308 e. The standard InChI is InChI=1S/C10H7O2/c1-3-9-6-4-5-7-10(9)12-8(2)11/h4-7H,2H3. The van der Waals surface area contributed by atoms with Crippen molar-refractivity contribution in [1.82, 2.24) is 0 Å². The fourth-order valence-electron chi connectivity index (χ4n) is 0.814. The van der Waals surface area contributed by atoms with Crippen LogP contribution in [-0.4, -0.2) is 5.97 Å². The van der Waals surface area contributed by atoms with E-state index in [9.17, 15) is 4.79 Å². The number of hydrogen-bond donors (Lipinski definition) is 0. The predicted octanol–water partition coefficient (Wildman–Crippen LogP) is 1.55. The van der Waals surface area contributed by atoms with Crippen LogP contribution in [0.5, 0.6) is 5.75 Å². The minimum absolute atomic E-state index is 0.375. The third-order valence-corrected chi connectivity index (χ3v) is 1.28. The highest BCUT2D eigenvalue weighted by Crippen LogP contribution is 2.16. The zero-order valence-corrected chi connectivity index (χ0v) is 6.63. The molecular weight excluding hydrogens is 152 g/mol. The first-order valence-electron chi connectivity index (χ1n) is 3.44. The Kier molecular flexibility index (Phi) is 2.49. The smallest absolute Gasteiger partial charge is 0.308 e. The van der Waals surface area contributed by atoms with Gasteiger partial charge in [-0.25, -0.2) is 0 Å². The second-order valence-electron chi connectivity index (χ2n) is 2.21. The third kappa shape index (κ3) is 1.86. The summed E-state index contributed by atoms with van der Waals surface area (Å²) in [4.78, 5) is 10.6. The molecule has 0 aliphatic heterocycles. The average molecular weight is 159 g/mol. The van der Waals surface area contributed by atoms with Crippen molar-refractivity contribution in [2.24, 2.45) is 0 Å². The van der Waals surface area contributed by atoms with E-state index >= 15 is 0 Å². The lowest BCUT2D eigenvalue weighted by Gasteiger charge is -2.01. The Morgan fingerprint density at radius 1 is 1.50 bits per heavy atom. The zero-order valence-electron chi connectivity index (χ0n) is 6.63. The van der Waals surface area contributed by atoms with Gasteiger partial charge in [-0.3, -0.25) is 4.79 Å². The Labute approximate surface area is 71.2 Å². The van der Waals surface area contributed by atoms with Gasteiger partial charge >= 0.3 is 5.97 Å². The van der Waals surface area contributed by atoms with Crippen molar-refractivity contribution in [2.45, 2.75) is 6.92 Å². The van der Waals surface area contributed by atoms with Crippen LogP contribution in [0.4, 0.5) is 0 Å². The molecule has 0 saturated carbocycles. The number of rotatable bonds is 1. The first-order valence-corrected chi connectivity index (χ1v) is 3.44. The molecule has 0 heterocycles. The fraction of sp³-hybridized carbons (Fsp3) is 0.100. The van der Waals surface area contributed by atoms with Crippen molar-refractivity contribution < 1.29 is 9.53 Å². The molecular formula is C10H7O2. The van der Waals surface area contributed by atoms with Crippen molar-refractivity contribution in [3.05, 3.63) is 36.3 Å². The van der Waals surface area contributed by atoms with Crippen molar-refractivity contribution in [3.8, 4) is 11.7 Å². The molecule has 1 aromatic rings. The summed E-state index contributed by atoms with van der Waals surface area (Å²) in [5.41, 5.74) is 0.479. The van der Waals surface area contributed by atoms with E-state index in [1.54, 1.807) is 24.3 Å². The minimum atomic E-state index is -0.391. The lowest BCUT2D eigenvalue weighted by molar-refractivity contribution is -0.131. The molecule has 2 nitrogen and oxygen atoms in total. The van der Waals surface area contributed by atoms with Gasteiger partial charge in [0, 0.05) is 6.92 Å². The number of ether oxygens (including phenoxy) is 1. The van der Waals surface area contributed by atoms with Gasteiger partial charge < -0.3 is 4.74 Å². The van der Waals surface area contributed by atoms with Crippen molar-refractivity contribution in [1.29, 1.82) is 0 Å². The topological polar surface area (TPSA) is 26.3 Å². The van der Waals surface area contributed by atoms with Crippen LogP contribution >= 0.6 is 0 Å². The molecule has 2 heteroatoms. The lowest BCUT2D eigenvalue weighted by Crippen LogP contribution is -2.02. The third-order valence-electron chi connectivity index (χ3n) is 1.28. The zero-order chi connectivity index (χ0) is 8.97. The van der Waals surface area contributed by atoms with E-state index in [1.807, 2.05) is 0 Å². The summed E-state index contributed by atoms with van der Waals surface area (Å²) in [6.45, 7) is 1.32. The van der Waals surface area contributed by atoms with Crippen LogP contribution in [0.1, 0.15) is 12.5 Å². The van der Waals surface area contributed by atoms with E-state index < -0.39 is 5.97 Å². The summed E-state index contributed by atoms with van der Waals surface area (Å²) in [6, 6.07) is 6.77. The van der Waals surface area contributed by atoms with E-state index in [-0.39, 0.29) is 0 Å². The number of esters is 1. The number of para-hydroxylation sites is 1. The molecule has 1 radical (unpaired) electrons. The van der Waals surface area contributed by atoms with Crippen molar-refractivity contribution >= 4 is 5.97 Å². The second-order valence-corrected chi connectivity index (χ2v) is 2.21. The van der Waals surface area contributed by atoms with Gasteiger partial charge in [-0.1, -0.05) is 12.1 Å². The highest BCUT2D eigenvalue weighted by molar-refractivity contribution is 5.70. The Hall–Kier alpha value is -1.75. The summed E-state index contributed by atoms with van der Waals surface area (Å²) >= 11 is 0. The number of hydrogen-bond acceptors (Lipinski definition) is 2. The number of benzene rings is 1. The summed E-state index contributed by atoms with van der Waals surface area (Å²) in [5, 5.41) is 0. The fourth-order valence-corrected chi connectivity index (χ4v) is 0.814. The van der Waals surface area contributed by atoms with E-state index in [4.69, 9.17) is 11.2 Å². The maximum atomic E-state index is 10.6. The van der Waals surface area contributed by atoms with Crippen LogP contribution in [0.25, 0.3) is 0 Å². The molecule has 0 bridgehead atoms. The molecule has 1 rings (SSSR count). The number of carbonyl (C=O) groups excluding carboxylic acids is 1. The van der Waals surface area contributed by atoms with Gasteiger partial charge in [0.15, 0.2) is 0 Å². The minimum Gasteiger partial charge on any atom is -0.425 e. The van der Waals surface area contributed by atoms with E-state index in [1.165, 1.54) is 6.92 Å². The van der Waals surface area contributed by atoms with Gasteiger partial charge in [0.2, 0.25) is 0 Å². The second kappa shape index (κ2) is 3.59. The molecule has 0 aromatic heterocycles. The summed E-state index contributed by atoms with van der Waals surface area (Å²) in [5.74, 6) is 2.16. The van der Waals surface area contributed by atoms with Crippen LogP contribution in [0.15, 0.2) is 24.3 Å². The summed E-state index contributed by atoms with van der Waals surface area (Å²) < 4.78 is 4.81. The SMILES string of the molecule is [C]#Cc1ccccc1OC(C)=O. The van der Waals surface area contributed by atoms with Crippen LogP contribution in [-0.2, 0) is 4.79 Å². The van der Waals surface area contributed by atoms with Gasteiger partial charge in [0.1, 0.15) is 5.75 Å². The monoisotopic (exact) mass is 159 g/mol. The first kappa shape index (κ1) is 8.35. The van der Waals surface area contributed by atoms with Crippen LogP contribution in [0.3, 0.4) is 0 Å². The van der Waals surface area contributed by atoms with Crippen molar-refractivity contribution in [3.63, 3.8) is 0 Å². The van der Waals surface area contributed by atoms with Gasteiger partial charge in [0.25, 0.3) is 0 Å². The first-order chi connectivity index (χ1) is 5.74. The molecule has 0 aliphatic carbocycles. The van der Waals surface area contributed by atoms with E-state index in [0.29, 0.717) is 11.3 Å². The normalized spacial score (nSPS) is 8.67. The number of carbonyl (C=O) groups is 1.